The SMILES string of the molecule is CCOc1ccccc1N1CCN(C(=O)C2CCCN2C(=O)c2cccs2)CC1. The van der Waals surface area contributed by atoms with Crippen LogP contribution in [0, 0.1) is 0 Å². The van der Waals surface area contributed by atoms with E-state index in [1.165, 1.54) is 11.3 Å². The van der Waals surface area contributed by atoms with Crippen molar-refractivity contribution in [3.8, 4) is 5.75 Å². The Morgan fingerprint density at radius 1 is 1.07 bits per heavy atom. The zero-order valence-electron chi connectivity index (χ0n) is 16.8. The molecule has 0 radical (unpaired) electrons. The van der Waals surface area contributed by atoms with Gasteiger partial charge in [-0.3, -0.25) is 9.59 Å². The molecule has 154 valence electrons. The van der Waals surface area contributed by atoms with Gasteiger partial charge in [-0.1, -0.05) is 18.2 Å². The van der Waals surface area contributed by atoms with Crippen LogP contribution < -0.4 is 9.64 Å². The number of anilines is 1. The van der Waals surface area contributed by atoms with Crippen LogP contribution in [0.25, 0.3) is 0 Å². The van der Waals surface area contributed by atoms with Crippen LogP contribution in [0.1, 0.15) is 29.4 Å². The maximum atomic E-state index is 13.2. The molecule has 2 aliphatic heterocycles. The summed E-state index contributed by atoms with van der Waals surface area (Å²) in [5.74, 6) is 0.962. The first-order valence-electron chi connectivity index (χ1n) is 10.3. The van der Waals surface area contributed by atoms with Crippen LogP contribution in [0.15, 0.2) is 41.8 Å². The second-order valence-electron chi connectivity index (χ2n) is 7.35. The number of thiophene rings is 1. The molecule has 0 N–H and O–H groups in total. The Balaban J connectivity index is 1.39. The maximum absolute atomic E-state index is 13.2. The van der Waals surface area contributed by atoms with E-state index < -0.39 is 0 Å². The molecule has 4 rings (SSSR count). The number of carbonyl (C=O) groups is 2. The molecule has 2 fully saturated rings. The number of hydrogen-bond acceptors (Lipinski definition) is 5. The summed E-state index contributed by atoms with van der Waals surface area (Å²) in [5.41, 5.74) is 1.08. The molecule has 2 aliphatic rings. The number of para-hydroxylation sites is 2. The van der Waals surface area contributed by atoms with Gasteiger partial charge in [0.1, 0.15) is 11.8 Å². The van der Waals surface area contributed by atoms with E-state index >= 15 is 0 Å². The fourth-order valence-corrected chi connectivity index (χ4v) is 4.86. The highest BCUT2D eigenvalue weighted by molar-refractivity contribution is 7.12. The van der Waals surface area contributed by atoms with Gasteiger partial charge in [-0.25, -0.2) is 0 Å². The Kier molecular flexibility index (Phi) is 6.04. The smallest absolute Gasteiger partial charge is 0.264 e. The van der Waals surface area contributed by atoms with Crippen molar-refractivity contribution >= 4 is 28.8 Å². The number of nitrogens with zero attached hydrogens (tertiary/aromatic N) is 3. The van der Waals surface area contributed by atoms with Crippen LogP contribution in [0.2, 0.25) is 0 Å². The summed E-state index contributed by atoms with van der Waals surface area (Å²) in [4.78, 5) is 32.7. The fourth-order valence-electron chi connectivity index (χ4n) is 4.18. The summed E-state index contributed by atoms with van der Waals surface area (Å²) in [6, 6.07) is 11.4. The Bertz CT molecular complexity index is 847. The third kappa shape index (κ3) is 4.10. The molecule has 1 unspecified atom stereocenters. The van der Waals surface area contributed by atoms with Gasteiger partial charge >= 0.3 is 0 Å². The van der Waals surface area contributed by atoms with Crippen LogP contribution in [0.3, 0.4) is 0 Å². The standard InChI is InChI=1S/C22H27N3O3S/c1-2-28-19-9-4-3-7-17(19)23-12-14-24(15-13-23)21(26)18-8-5-11-25(18)22(27)20-10-6-16-29-20/h3-4,6-7,9-10,16,18H,2,5,8,11-15H2,1H3. The van der Waals surface area contributed by atoms with Crippen molar-refractivity contribution < 1.29 is 14.3 Å². The van der Waals surface area contributed by atoms with E-state index in [2.05, 4.69) is 11.0 Å². The Morgan fingerprint density at radius 2 is 1.86 bits per heavy atom. The Labute approximate surface area is 175 Å². The first kappa shape index (κ1) is 19.8. The van der Waals surface area contributed by atoms with E-state index in [0.717, 1.165) is 37.4 Å². The van der Waals surface area contributed by atoms with Gasteiger partial charge in [0.25, 0.3) is 5.91 Å². The zero-order valence-corrected chi connectivity index (χ0v) is 17.6. The molecule has 0 saturated carbocycles. The number of amides is 2. The maximum Gasteiger partial charge on any atom is 0.264 e. The normalized spacial score (nSPS) is 19.5. The molecule has 6 nitrogen and oxygen atoms in total. The summed E-state index contributed by atoms with van der Waals surface area (Å²) < 4.78 is 5.76. The number of benzene rings is 1. The first-order valence-corrected chi connectivity index (χ1v) is 11.2. The van der Waals surface area contributed by atoms with E-state index in [1.54, 1.807) is 4.90 Å². The molecule has 0 spiro atoms. The van der Waals surface area contributed by atoms with E-state index in [9.17, 15) is 9.59 Å². The van der Waals surface area contributed by atoms with Gasteiger partial charge in [0.05, 0.1) is 17.2 Å². The Hall–Kier alpha value is -2.54. The average Bonchev–Trinajstić information content (AvgIpc) is 3.46. The van der Waals surface area contributed by atoms with Gasteiger partial charge in [0, 0.05) is 32.7 Å². The molecule has 0 bridgehead atoms. The molecule has 7 heteroatoms. The molecule has 1 aromatic carbocycles. The van der Waals surface area contributed by atoms with E-state index in [4.69, 9.17) is 4.74 Å². The van der Waals surface area contributed by atoms with Crippen molar-refractivity contribution in [2.24, 2.45) is 0 Å². The molecular formula is C22H27N3O3S. The van der Waals surface area contributed by atoms with Crippen molar-refractivity contribution in [2.75, 3.05) is 44.2 Å². The quantitative estimate of drug-likeness (QED) is 0.756. The van der Waals surface area contributed by atoms with Crippen LogP contribution in [-0.4, -0.2) is 67.0 Å². The minimum absolute atomic E-state index is 0.0138. The van der Waals surface area contributed by atoms with Crippen molar-refractivity contribution in [2.45, 2.75) is 25.8 Å². The van der Waals surface area contributed by atoms with E-state index in [0.29, 0.717) is 31.1 Å². The predicted octanol–water partition coefficient (Wildman–Crippen LogP) is 3.10. The number of likely N-dealkylation sites (tertiary alicyclic amines) is 1. The average molecular weight is 414 g/mol. The van der Waals surface area contributed by atoms with Gasteiger partial charge in [-0.15, -0.1) is 11.3 Å². The largest absolute Gasteiger partial charge is 0.492 e. The molecule has 29 heavy (non-hydrogen) atoms. The second-order valence-corrected chi connectivity index (χ2v) is 8.29. The molecule has 2 aromatic rings. The van der Waals surface area contributed by atoms with Gasteiger partial charge < -0.3 is 19.4 Å². The zero-order chi connectivity index (χ0) is 20.2. The van der Waals surface area contributed by atoms with Crippen LogP contribution in [-0.2, 0) is 4.79 Å². The number of carbonyl (C=O) groups excluding carboxylic acids is 2. The summed E-state index contributed by atoms with van der Waals surface area (Å²) in [7, 11) is 0. The number of rotatable bonds is 5. The molecule has 2 saturated heterocycles. The van der Waals surface area contributed by atoms with Gasteiger partial charge in [-0.05, 0) is 43.3 Å². The number of ether oxygens (including phenoxy) is 1. The molecule has 0 aliphatic carbocycles. The van der Waals surface area contributed by atoms with Gasteiger partial charge in [0.15, 0.2) is 0 Å². The summed E-state index contributed by atoms with van der Waals surface area (Å²) >= 11 is 1.44. The minimum atomic E-state index is -0.327. The number of piperazine rings is 1. The minimum Gasteiger partial charge on any atom is -0.492 e. The summed E-state index contributed by atoms with van der Waals surface area (Å²) in [6.07, 6.45) is 1.64. The van der Waals surface area contributed by atoms with Crippen LogP contribution >= 0.6 is 11.3 Å². The van der Waals surface area contributed by atoms with Gasteiger partial charge in [-0.2, -0.15) is 0 Å². The third-order valence-corrected chi connectivity index (χ3v) is 6.49. The molecule has 3 heterocycles. The van der Waals surface area contributed by atoms with Crippen molar-refractivity contribution in [3.05, 3.63) is 46.7 Å². The molecule has 2 amide bonds. The van der Waals surface area contributed by atoms with E-state index in [-0.39, 0.29) is 17.9 Å². The monoisotopic (exact) mass is 413 g/mol. The van der Waals surface area contributed by atoms with E-state index in [1.807, 2.05) is 47.5 Å². The van der Waals surface area contributed by atoms with Gasteiger partial charge in [0.2, 0.25) is 5.91 Å². The van der Waals surface area contributed by atoms with Crippen LogP contribution in [0.4, 0.5) is 5.69 Å². The summed E-state index contributed by atoms with van der Waals surface area (Å²) in [6.45, 7) is 6.13. The highest BCUT2D eigenvalue weighted by Gasteiger charge is 2.38. The second kappa shape index (κ2) is 8.86. The highest BCUT2D eigenvalue weighted by atomic mass is 32.1. The first-order chi connectivity index (χ1) is 14.2. The molecular weight excluding hydrogens is 386 g/mol. The molecule has 1 aromatic heterocycles. The van der Waals surface area contributed by atoms with Crippen LogP contribution in [0.5, 0.6) is 5.75 Å². The van der Waals surface area contributed by atoms with Crippen molar-refractivity contribution in [1.29, 1.82) is 0 Å². The lowest BCUT2D eigenvalue weighted by Gasteiger charge is -2.38. The Morgan fingerprint density at radius 3 is 2.59 bits per heavy atom. The molecule has 1 atom stereocenters. The predicted molar refractivity (Wildman–Crippen MR) is 115 cm³/mol. The summed E-state index contributed by atoms with van der Waals surface area (Å²) in [5, 5.41) is 1.90. The third-order valence-electron chi connectivity index (χ3n) is 5.63. The lowest BCUT2D eigenvalue weighted by molar-refractivity contribution is -0.135. The lowest BCUT2D eigenvalue weighted by atomic mass is 10.1. The highest BCUT2D eigenvalue weighted by Crippen LogP contribution is 2.29. The lowest BCUT2D eigenvalue weighted by Crippen LogP contribution is -2.54. The topological polar surface area (TPSA) is 53.1 Å². The van der Waals surface area contributed by atoms with Crippen molar-refractivity contribution in [3.63, 3.8) is 0 Å². The fraction of sp³-hybridized carbons (Fsp3) is 0.455. The van der Waals surface area contributed by atoms with Crippen molar-refractivity contribution in [1.82, 2.24) is 9.80 Å². The number of hydrogen-bond donors (Lipinski definition) is 0.